The number of fused-ring (bicyclic) bond motifs is 1. The second-order valence-electron chi connectivity index (χ2n) is 2.95. The van der Waals surface area contributed by atoms with Gasteiger partial charge in [-0.3, -0.25) is 10.0 Å². The van der Waals surface area contributed by atoms with E-state index in [1.165, 1.54) is 0 Å². The van der Waals surface area contributed by atoms with Gasteiger partial charge in [0.05, 0.1) is 5.70 Å². The summed E-state index contributed by atoms with van der Waals surface area (Å²) >= 11 is 0. The number of nitrogens with one attached hydrogen (secondary N) is 1. The molecule has 70 valence electrons. The number of hydroxylamine groups is 1. The molecule has 0 aromatic carbocycles. The number of hydrazine groups is 1. The van der Waals surface area contributed by atoms with Crippen LogP contribution in [-0.2, 0) is 4.79 Å². The quantitative estimate of drug-likeness (QED) is 0.589. The number of nitrogens with zero attached hydrogens (tertiary/aromatic N) is 2. The van der Waals surface area contributed by atoms with E-state index >= 15 is 0 Å². The van der Waals surface area contributed by atoms with Crippen LogP contribution < -0.4 is 5.43 Å². The number of likely N-dealkylation sites (N-methyl/N-ethyl adjacent to an activating group) is 1. The maximum Gasteiger partial charge on any atom is 0.269 e. The van der Waals surface area contributed by atoms with E-state index in [4.69, 9.17) is 0 Å². The molecule has 1 unspecified atom stereocenters. The molecule has 5 nitrogen and oxygen atoms in total. The average Bonchev–Trinajstić information content (AvgIpc) is 2.43. The Kier molecular flexibility index (Phi) is 1.73. The molecule has 1 saturated heterocycles. The first kappa shape index (κ1) is 8.12. The van der Waals surface area contributed by atoms with Gasteiger partial charge in [-0.05, 0) is 19.1 Å². The second kappa shape index (κ2) is 2.77. The zero-order valence-electron chi connectivity index (χ0n) is 7.27. The van der Waals surface area contributed by atoms with Crippen LogP contribution in [0.2, 0.25) is 0 Å². The molecule has 2 rings (SSSR count). The van der Waals surface area contributed by atoms with E-state index in [1.807, 2.05) is 18.0 Å². The van der Waals surface area contributed by atoms with Crippen molar-refractivity contribution in [1.82, 2.24) is 15.5 Å². The van der Waals surface area contributed by atoms with Crippen LogP contribution in [0.5, 0.6) is 0 Å². The fourth-order valence-electron chi connectivity index (χ4n) is 1.59. The Bertz CT molecular complexity index is 298. The minimum atomic E-state index is -0.375. The Morgan fingerprint density at radius 2 is 2.46 bits per heavy atom. The fraction of sp³-hybridized carbons (Fsp3) is 0.375. The zero-order chi connectivity index (χ0) is 9.42. The van der Waals surface area contributed by atoms with Crippen molar-refractivity contribution < 1.29 is 10.0 Å². The lowest BCUT2D eigenvalue weighted by Gasteiger charge is -2.26. The van der Waals surface area contributed by atoms with Gasteiger partial charge in [-0.15, -0.1) is 0 Å². The topological polar surface area (TPSA) is 55.8 Å². The standard InChI is InChI=1S/C8H11N3O2/c1-2-10-5-3-4-6-7(10)8(12)9-11(6)13/h3-5,7,13H,2H2,1H3,(H,9,12). The van der Waals surface area contributed by atoms with Crippen LogP contribution in [0, 0.1) is 0 Å². The highest BCUT2D eigenvalue weighted by molar-refractivity contribution is 5.87. The third-order valence-corrected chi connectivity index (χ3v) is 2.23. The summed E-state index contributed by atoms with van der Waals surface area (Å²) in [5, 5.41) is 10.1. The summed E-state index contributed by atoms with van der Waals surface area (Å²) in [6.45, 7) is 2.69. The predicted octanol–water partition coefficient (Wildman–Crippen LogP) is -0.176. The van der Waals surface area contributed by atoms with Gasteiger partial charge >= 0.3 is 0 Å². The Labute approximate surface area is 75.9 Å². The van der Waals surface area contributed by atoms with Crippen LogP contribution in [-0.4, -0.2) is 33.8 Å². The Hall–Kier alpha value is -1.49. The van der Waals surface area contributed by atoms with Crippen molar-refractivity contribution in [3.05, 3.63) is 24.0 Å². The van der Waals surface area contributed by atoms with E-state index in [1.54, 1.807) is 12.2 Å². The van der Waals surface area contributed by atoms with Crippen molar-refractivity contribution >= 4 is 5.91 Å². The van der Waals surface area contributed by atoms with Crippen LogP contribution in [0.4, 0.5) is 0 Å². The molecule has 2 heterocycles. The number of hydrogen-bond acceptors (Lipinski definition) is 4. The SMILES string of the molecule is CCN1C=CC=C2C1C(=O)NN2O. The van der Waals surface area contributed by atoms with Crippen LogP contribution >= 0.6 is 0 Å². The molecule has 0 saturated carbocycles. The van der Waals surface area contributed by atoms with Gasteiger partial charge in [-0.25, -0.2) is 5.43 Å². The maximum absolute atomic E-state index is 11.4. The van der Waals surface area contributed by atoms with Crippen molar-refractivity contribution in [3.63, 3.8) is 0 Å². The van der Waals surface area contributed by atoms with Gasteiger partial charge in [-0.2, -0.15) is 5.17 Å². The van der Waals surface area contributed by atoms with Gasteiger partial charge in [0.25, 0.3) is 5.91 Å². The van der Waals surface area contributed by atoms with Gasteiger partial charge in [0, 0.05) is 12.7 Å². The van der Waals surface area contributed by atoms with Crippen LogP contribution in [0.1, 0.15) is 6.92 Å². The molecule has 13 heavy (non-hydrogen) atoms. The molecule has 0 spiro atoms. The van der Waals surface area contributed by atoms with Crippen molar-refractivity contribution in [2.24, 2.45) is 0 Å². The molecular formula is C8H11N3O2. The predicted molar refractivity (Wildman–Crippen MR) is 45.2 cm³/mol. The third kappa shape index (κ3) is 1.08. The van der Waals surface area contributed by atoms with Crippen molar-refractivity contribution in [1.29, 1.82) is 0 Å². The van der Waals surface area contributed by atoms with Gasteiger partial charge < -0.3 is 4.90 Å². The second-order valence-corrected chi connectivity index (χ2v) is 2.95. The lowest BCUT2D eigenvalue weighted by Crippen LogP contribution is -2.38. The third-order valence-electron chi connectivity index (χ3n) is 2.23. The molecule has 2 N–H and O–H groups in total. The summed E-state index contributed by atoms with van der Waals surface area (Å²) in [7, 11) is 0. The fourth-order valence-corrected chi connectivity index (χ4v) is 1.59. The van der Waals surface area contributed by atoms with E-state index < -0.39 is 0 Å². The summed E-state index contributed by atoms with van der Waals surface area (Å²) in [6.07, 6.45) is 5.36. The van der Waals surface area contributed by atoms with Crippen molar-refractivity contribution in [3.8, 4) is 0 Å². The first-order chi connectivity index (χ1) is 6.24. The average molecular weight is 181 g/mol. The lowest BCUT2D eigenvalue weighted by atomic mass is 10.1. The smallest absolute Gasteiger partial charge is 0.269 e. The van der Waals surface area contributed by atoms with Gasteiger partial charge in [0.2, 0.25) is 0 Å². The Morgan fingerprint density at radius 3 is 3.15 bits per heavy atom. The zero-order valence-corrected chi connectivity index (χ0v) is 7.27. The first-order valence-electron chi connectivity index (χ1n) is 4.17. The largest absolute Gasteiger partial charge is 0.361 e. The number of amides is 1. The highest BCUT2D eigenvalue weighted by Crippen LogP contribution is 2.22. The number of allylic oxidation sites excluding steroid dienone is 2. The van der Waals surface area contributed by atoms with E-state index in [0.29, 0.717) is 5.70 Å². The van der Waals surface area contributed by atoms with E-state index in [9.17, 15) is 10.0 Å². The van der Waals surface area contributed by atoms with Crippen LogP contribution in [0.25, 0.3) is 0 Å². The number of carbonyl (C=O) groups excluding carboxylic acids is 1. The lowest BCUT2D eigenvalue weighted by molar-refractivity contribution is -0.134. The molecule has 0 aliphatic carbocycles. The Balaban J connectivity index is 2.33. The molecule has 0 bridgehead atoms. The Morgan fingerprint density at radius 1 is 1.69 bits per heavy atom. The normalized spacial score (nSPS) is 25.8. The summed E-state index contributed by atoms with van der Waals surface area (Å²) in [6, 6.07) is -0.375. The van der Waals surface area contributed by atoms with E-state index in [-0.39, 0.29) is 11.9 Å². The van der Waals surface area contributed by atoms with E-state index in [0.717, 1.165) is 11.7 Å². The van der Waals surface area contributed by atoms with Crippen molar-refractivity contribution in [2.75, 3.05) is 6.54 Å². The summed E-state index contributed by atoms with van der Waals surface area (Å²) in [5.74, 6) is -0.194. The first-order valence-corrected chi connectivity index (χ1v) is 4.17. The van der Waals surface area contributed by atoms with Gasteiger partial charge in [0.15, 0.2) is 6.04 Å². The minimum absolute atomic E-state index is 0.194. The van der Waals surface area contributed by atoms with Crippen LogP contribution in [0.3, 0.4) is 0 Å². The maximum atomic E-state index is 11.4. The molecule has 1 atom stereocenters. The molecule has 2 aliphatic rings. The number of rotatable bonds is 1. The molecule has 1 amide bonds. The van der Waals surface area contributed by atoms with E-state index in [2.05, 4.69) is 5.43 Å². The highest BCUT2D eigenvalue weighted by Gasteiger charge is 2.38. The summed E-state index contributed by atoms with van der Waals surface area (Å²) in [5.41, 5.74) is 2.90. The molecule has 0 radical (unpaired) electrons. The number of carbonyl (C=O) groups is 1. The van der Waals surface area contributed by atoms with Gasteiger partial charge in [0.1, 0.15) is 0 Å². The minimum Gasteiger partial charge on any atom is -0.361 e. The molecule has 2 aliphatic heterocycles. The molecule has 0 aromatic rings. The highest BCUT2D eigenvalue weighted by atomic mass is 16.5. The number of hydrogen-bond donors (Lipinski definition) is 2. The summed E-state index contributed by atoms with van der Waals surface area (Å²) < 4.78 is 0. The molecule has 0 aromatic heterocycles. The van der Waals surface area contributed by atoms with Gasteiger partial charge in [-0.1, -0.05) is 0 Å². The van der Waals surface area contributed by atoms with Crippen molar-refractivity contribution in [2.45, 2.75) is 13.0 Å². The monoisotopic (exact) mass is 181 g/mol. The summed E-state index contributed by atoms with van der Waals surface area (Å²) in [4.78, 5) is 13.2. The molecular weight excluding hydrogens is 170 g/mol. The molecule has 5 heteroatoms. The van der Waals surface area contributed by atoms with Crippen LogP contribution in [0.15, 0.2) is 24.0 Å². The molecule has 1 fully saturated rings.